The Morgan fingerprint density at radius 3 is 2.32 bits per heavy atom. The number of hydrogen-bond acceptors (Lipinski definition) is 6. The molecule has 3 rings (SSSR count). The third-order valence-corrected chi connectivity index (χ3v) is 7.63. The van der Waals surface area contributed by atoms with E-state index in [4.69, 9.17) is 14.2 Å². The normalized spacial score (nSPS) is 19.2. The molecule has 1 N–H and O–H groups in total. The Balaban J connectivity index is 1.68. The average Bonchev–Trinajstić information content (AvgIpc) is 3.64. The van der Waals surface area contributed by atoms with Crippen LogP contribution in [0.3, 0.4) is 0 Å². The second kappa shape index (κ2) is 14.7. The number of carbonyl (C=O) groups is 2. The molecule has 2 amide bonds. The lowest BCUT2D eigenvalue weighted by Gasteiger charge is -2.34. The molecule has 2 unspecified atom stereocenters. The minimum Gasteiger partial charge on any atom is -0.493 e. The average molecular weight is 532 g/mol. The van der Waals surface area contributed by atoms with Gasteiger partial charge in [0.15, 0.2) is 11.5 Å². The topological polar surface area (TPSA) is 80.3 Å². The van der Waals surface area contributed by atoms with Gasteiger partial charge in [-0.15, -0.1) is 0 Å². The van der Waals surface area contributed by atoms with E-state index in [1.807, 2.05) is 11.0 Å². The monoisotopic (exact) mass is 531 g/mol. The molecule has 2 fully saturated rings. The van der Waals surface area contributed by atoms with Gasteiger partial charge in [-0.25, -0.2) is 0 Å². The standard InChI is InChI=1S/C30H49N3O5/c1-21(2)8-13-29(34)33(26-10-11-26)20-25-18-31-17-24(25)19-32(22(3)4)30(35)23-9-12-27(37-6)28(16-23)38-15-7-14-36-5/h9,12,16,21-22,24-26,31H,7-8,10-11,13-15,17-20H2,1-6H3. The summed E-state index contributed by atoms with van der Waals surface area (Å²) in [6.45, 7) is 12.7. The zero-order valence-electron chi connectivity index (χ0n) is 24.3. The van der Waals surface area contributed by atoms with Crippen LogP contribution in [0.4, 0.5) is 0 Å². The molecule has 0 radical (unpaired) electrons. The number of rotatable bonds is 16. The highest BCUT2D eigenvalue weighted by atomic mass is 16.5. The summed E-state index contributed by atoms with van der Waals surface area (Å²) < 4.78 is 16.5. The Morgan fingerprint density at radius 2 is 1.71 bits per heavy atom. The van der Waals surface area contributed by atoms with Gasteiger partial charge < -0.3 is 29.3 Å². The van der Waals surface area contributed by atoms with E-state index in [1.165, 1.54) is 0 Å². The maximum atomic E-state index is 13.7. The van der Waals surface area contributed by atoms with Crippen LogP contribution in [0, 0.1) is 17.8 Å². The molecule has 1 saturated heterocycles. The summed E-state index contributed by atoms with van der Waals surface area (Å²) in [5.41, 5.74) is 0.590. The highest BCUT2D eigenvalue weighted by Crippen LogP contribution is 2.32. The molecule has 2 atom stereocenters. The number of hydrogen-bond donors (Lipinski definition) is 1. The Hall–Kier alpha value is -2.32. The van der Waals surface area contributed by atoms with Crippen LogP contribution in [0.25, 0.3) is 0 Å². The van der Waals surface area contributed by atoms with Gasteiger partial charge in [0.05, 0.1) is 13.7 Å². The minimum absolute atomic E-state index is 0.0119. The van der Waals surface area contributed by atoms with Crippen molar-refractivity contribution in [3.8, 4) is 11.5 Å². The maximum absolute atomic E-state index is 13.7. The van der Waals surface area contributed by atoms with Crippen LogP contribution < -0.4 is 14.8 Å². The van der Waals surface area contributed by atoms with Gasteiger partial charge in [0, 0.05) is 70.4 Å². The quantitative estimate of drug-likeness (QED) is 0.322. The summed E-state index contributed by atoms with van der Waals surface area (Å²) in [6.07, 6.45) is 4.54. The molecular formula is C30H49N3O5. The summed E-state index contributed by atoms with van der Waals surface area (Å²) in [7, 11) is 3.27. The number of carbonyl (C=O) groups excluding carboxylic acids is 2. The van der Waals surface area contributed by atoms with Gasteiger partial charge in [0.2, 0.25) is 5.91 Å². The fourth-order valence-corrected chi connectivity index (χ4v) is 5.12. The molecular weight excluding hydrogens is 482 g/mol. The van der Waals surface area contributed by atoms with E-state index in [0.29, 0.717) is 72.9 Å². The number of nitrogens with one attached hydrogen (secondary N) is 1. The Labute approximate surface area is 229 Å². The molecule has 1 aromatic rings. The second-order valence-electron chi connectivity index (χ2n) is 11.5. The predicted molar refractivity (Wildman–Crippen MR) is 150 cm³/mol. The first-order chi connectivity index (χ1) is 18.2. The van der Waals surface area contributed by atoms with Gasteiger partial charge in [-0.1, -0.05) is 13.8 Å². The van der Waals surface area contributed by atoms with Crippen LogP contribution >= 0.6 is 0 Å². The highest BCUT2D eigenvalue weighted by molar-refractivity contribution is 5.95. The van der Waals surface area contributed by atoms with Crippen molar-refractivity contribution in [2.24, 2.45) is 17.8 Å². The highest BCUT2D eigenvalue weighted by Gasteiger charge is 2.38. The third-order valence-electron chi connectivity index (χ3n) is 7.63. The van der Waals surface area contributed by atoms with E-state index in [-0.39, 0.29) is 11.9 Å². The summed E-state index contributed by atoms with van der Waals surface area (Å²) in [5.74, 6) is 2.62. The summed E-state index contributed by atoms with van der Waals surface area (Å²) in [5, 5.41) is 3.53. The molecule has 0 aromatic heterocycles. The zero-order valence-corrected chi connectivity index (χ0v) is 24.3. The van der Waals surface area contributed by atoms with Crippen molar-refractivity contribution < 1.29 is 23.8 Å². The van der Waals surface area contributed by atoms with Gasteiger partial charge in [-0.2, -0.15) is 0 Å². The van der Waals surface area contributed by atoms with Crippen molar-refractivity contribution >= 4 is 11.8 Å². The summed E-state index contributed by atoms with van der Waals surface area (Å²) in [4.78, 5) is 30.9. The largest absolute Gasteiger partial charge is 0.493 e. The van der Waals surface area contributed by atoms with Crippen molar-refractivity contribution in [1.29, 1.82) is 0 Å². The second-order valence-corrected chi connectivity index (χ2v) is 11.5. The minimum atomic E-state index is -0.0119. The van der Waals surface area contributed by atoms with Crippen molar-refractivity contribution in [2.45, 2.75) is 71.9 Å². The fourth-order valence-electron chi connectivity index (χ4n) is 5.12. The lowest BCUT2D eigenvalue weighted by atomic mass is 9.93. The van der Waals surface area contributed by atoms with E-state index in [2.05, 4.69) is 37.9 Å². The van der Waals surface area contributed by atoms with Gasteiger partial charge in [0.25, 0.3) is 5.91 Å². The van der Waals surface area contributed by atoms with Crippen LogP contribution in [0.1, 0.15) is 70.2 Å². The molecule has 1 aromatic carbocycles. The predicted octanol–water partition coefficient (Wildman–Crippen LogP) is 4.22. The molecule has 1 saturated carbocycles. The number of methoxy groups -OCH3 is 2. The first-order valence-corrected chi connectivity index (χ1v) is 14.4. The van der Waals surface area contributed by atoms with E-state index in [0.717, 1.165) is 45.3 Å². The Bertz CT molecular complexity index is 902. The van der Waals surface area contributed by atoms with Gasteiger partial charge in [-0.05, 0) is 69.1 Å². The molecule has 1 heterocycles. The Morgan fingerprint density at radius 1 is 1.00 bits per heavy atom. The summed E-state index contributed by atoms with van der Waals surface area (Å²) in [6, 6.07) is 5.85. The maximum Gasteiger partial charge on any atom is 0.254 e. The lowest BCUT2D eigenvalue weighted by Crippen LogP contribution is -2.45. The molecule has 2 aliphatic rings. The molecule has 8 heteroatoms. The molecule has 1 aliphatic carbocycles. The van der Waals surface area contributed by atoms with E-state index in [9.17, 15) is 9.59 Å². The van der Waals surface area contributed by atoms with E-state index < -0.39 is 0 Å². The number of nitrogens with zero attached hydrogens (tertiary/aromatic N) is 2. The van der Waals surface area contributed by atoms with Gasteiger partial charge in [0.1, 0.15) is 0 Å². The van der Waals surface area contributed by atoms with Gasteiger partial charge >= 0.3 is 0 Å². The van der Waals surface area contributed by atoms with Crippen LogP contribution in [-0.4, -0.2) is 87.3 Å². The number of benzene rings is 1. The van der Waals surface area contributed by atoms with E-state index in [1.54, 1.807) is 26.4 Å². The van der Waals surface area contributed by atoms with Crippen LogP contribution in [0.15, 0.2) is 18.2 Å². The first kappa shape index (κ1) is 30.2. The lowest BCUT2D eigenvalue weighted by molar-refractivity contribution is -0.132. The third kappa shape index (κ3) is 8.60. The number of amides is 2. The van der Waals surface area contributed by atoms with E-state index >= 15 is 0 Å². The van der Waals surface area contributed by atoms with Crippen LogP contribution in [0.5, 0.6) is 11.5 Å². The van der Waals surface area contributed by atoms with Crippen molar-refractivity contribution in [3.05, 3.63) is 23.8 Å². The van der Waals surface area contributed by atoms with Crippen LogP contribution in [-0.2, 0) is 9.53 Å². The first-order valence-electron chi connectivity index (χ1n) is 14.4. The van der Waals surface area contributed by atoms with Crippen molar-refractivity contribution in [1.82, 2.24) is 15.1 Å². The van der Waals surface area contributed by atoms with Crippen LogP contribution in [0.2, 0.25) is 0 Å². The van der Waals surface area contributed by atoms with Crippen molar-refractivity contribution in [3.63, 3.8) is 0 Å². The number of ether oxygens (including phenoxy) is 3. The van der Waals surface area contributed by atoms with Gasteiger partial charge in [-0.3, -0.25) is 9.59 Å². The SMILES string of the molecule is COCCCOc1cc(C(=O)N(CC2CNCC2CN(C(=O)CCC(C)C)C2CC2)C(C)C)ccc1OC. The van der Waals surface area contributed by atoms with Crippen molar-refractivity contribution in [2.75, 3.05) is 53.6 Å². The molecule has 1 aliphatic heterocycles. The summed E-state index contributed by atoms with van der Waals surface area (Å²) >= 11 is 0. The molecule has 214 valence electrons. The molecule has 0 spiro atoms. The smallest absolute Gasteiger partial charge is 0.254 e. The zero-order chi connectivity index (χ0) is 27.7. The molecule has 0 bridgehead atoms. The molecule has 8 nitrogen and oxygen atoms in total. The molecule has 38 heavy (non-hydrogen) atoms. The fraction of sp³-hybridized carbons (Fsp3) is 0.733. The Kier molecular flexibility index (Phi) is 11.7.